The maximum absolute atomic E-state index is 4.38. The summed E-state index contributed by atoms with van der Waals surface area (Å²) >= 11 is 6.27. The molecule has 0 unspecified atom stereocenters. The van der Waals surface area contributed by atoms with E-state index < -0.39 is 0 Å². The third-order valence-electron chi connectivity index (χ3n) is 1.65. The van der Waals surface area contributed by atoms with Crippen molar-refractivity contribution >= 4 is 24.4 Å². The number of aryl methyl sites for hydroxylation is 1. The number of thioether (sulfide) groups is 1. The molecule has 12 heavy (non-hydrogen) atoms. The number of benzene rings is 1. The van der Waals surface area contributed by atoms with E-state index in [0.29, 0.717) is 0 Å². The van der Waals surface area contributed by atoms with E-state index in [-0.39, 0.29) is 0 Å². The topological polar surface area (TPSA) is 0 Å². The normalized spacial score (nSPS) is 10.2. The Hall–Kier alpha value is -0.0800. The first kappa shape index (κ1) is 10.0. The van der Waals surface area contributed by atoms with Crippen molar-refractivity contribution in [2.24, 2.45) is 0 Å². The molecular formula is C10H14S2. The second-order valence-electron chi connectivity index (χ2n) is 2.80. The quantitative estimate of drug-likeness (QED) is 0.569. The van der Waals surface area contributed by atoms with Crippen molar-refractivity contribution in [1.29, 1.82) is 0 Å². The predicted octanol–water partition coefficient (Wildman–Crippen LogP) is 3.79. The minimum Gasteiger partial charge on any atom is -0.143 e. The van der Waals surface area contributed by atoms with Gasteiger partial charge in [0.1, 0.15) is 0 Å². The van der Waals surface area contributed by atoms with Gasteiger partial charge in [-0.05, 0) is 36.8 Å². The zero-order chi connectivity index (χ0) is 8.97. The number of hydrogen-bond acceptors (Lipinski definition) is 2. The van der Waals surface area contributed by atoms with Crippen molar-refractivity contribution in [2.75, 3.05) is 5.75 Å². The van der Waals surface area contributed by atoms with Gasteiger partial charge in [0.2, 0.25) is 0 Å². The Labute approximate surface area is 84.2 Å². The van der Waals surface area contributed by atoms with Gasteiger partial charge in [-0.3, -0.25) is 0 Å². The van der Waals surface area contributed by atoms with Gasteiger partial charge in [0.15, 0.2) is 0 Å². The molecule has 0 atom stereocenters. The van der Waals surface area contributed by atoms with Crippen LogP contribution in [0.1, 0.15) is 18.9 Å². The van der Waals surface area contributed by atoms with Crippen molar-refractivity contribution < 1.29 is 0 Å². The lowest BCUT2D eigenvalue weighted by Crippen LogP contribution is -1.79. The van der Waals surface area contributed by atoms with E-state index in [1.54, 1.807) is 0 Å². The van der Waals surface area contributed by atoms with Crippen LogP contribution in [-0.2, 0) is 0 Å². The van der Waals surface area contributed by atoms with Crippen molar-refractivity contribution in [3.05, 3.63) is 23.8 Å². The highest BCUT2D eigenvalue weighted by Crippen LogP contribution is 2.23. The first-order chi connectivity index (χ1) is 5.74. The molecule has 0 aromatic heterocycles. The van der Waals surface area contributed by atoms with Crippen LogP contribution in [0.3, 0.4) is 0 Å². The summed E-state index contributed by atoms with van der Waals surface area (Å²) in [5.41, 5.74) is 1.25. The Morgan fingerprint density at radius 3 is 2.75 bits per heavy atom. The standard InChI is InChI=1S/C10H14S2/c1-3-6-12-9-5-4-8(2)10(11)7-9/h4-5,7,11H,3,6H2,1-2H3. The van der Waals surface area contributed by atoms with Crippen molar-refractivity contribution in [1.82, 2.24) is 0 Å². The fourth-order valence-corrected chi connectivity index (χ4v) is 2.01. The van der Waals surface area contributed by atoms with Gasteiger partial charge in [-0.1, -0.05) is 13.0 Å². The second kappa shape index (κ2) is 4.83. The lowest BCUT2D eigenvalue weighted by atomic mass is 10.2. The summed E-state index contributed by atoms with van der Waals surface area (Å²) in [4.78, 5) is 2.42. The Kier molecular flexibility index (Phi) is 4.02. The van der Waals surface area contributed by atoms with Gasteiger partial charge in [0.05, 0.1) is 0 Å². The predicted molar refractivity (Wildman–Crippen MR) is 59.4 cm³/mol. The number of rotatable bonds is 3. The Morgan fingerprint density at radius 2 is 2.17 bits per heavy atom. The van der Waals surface area contributed by atoms with E-state index in [1.165, 1.54) is 22.6 Å². The Morgan fingerprint density at radius 1 is 1.42 bits per heavy atom. The first-order valence-electron chi connectivity index (χ1n) is 4.16. The summed E-state index contributed by atoms with van der Waals surface area (Å²) < 4.78 is 0. The van der Waals surface area contributed by atoms with Crippen LogP contribution in [0.25, 0.3) is 0 Å². The van der Waals surface area contributed by atoms with Crippen LogP contribution in [0.5, 0.6) is 0 Å². The molecule has 0 fully saturated rings. The van der Waals surface area contributed by atoms with Crippen LogP contribution in [0.4, 0.5) is 0 Å². The molecule has 66 valence electrons. The largest absolute Gasteiger partial charge is 0.143 e. The molecule has 0 radical (unpaired) electrons. The van der Waals surface area contributed by atoms with E-state index in [4.69, 9.17) is 0 Å². The molecule has 0 saturated carbocycles. The third-order valence-corrected chi connectivity index (χ3v) is 3.33. The van der Waals surface area contributed by atoms with Crippen LogP contribution < -0.4 is 0 Å². The summed E-state index contributed by atoms with van der Waals surface area (Å²) in [5, 5.41) is 0. The summed E-state index contributed by atoms with van der Waals surface area (Å²) in [6.45, 7) is 4.28. The van der Waals surface area contributed by atoms with Crippen LogP contribution >= 0.6 is 24.4 Å². The summed E-state index contributed by atoms with van der Waals surface area (Å²) in [6, 6.07) is 6.43. The highest BCUT2D eigenvalue weighted by Gasteiger charge is 1.96. The molecule has 1 aromatic carbocycles. The average Bonchev–Trinajstić information content (AvgIpc) is 2.07. The molecule has 0 N–H and O–H groups in total. The van der Waals surface area contributed by atoms with Gasteiger partial charge in [-0.2, -0.15) is 0 Å². The van der Waals surface area contributed by atoms with Gasteiger partial charge in [0.25, 0.3) is 0 Å². The third kappa shape index (κ3) is 2.76. The fourth-order valence-electron chi connectivity index (χ4n) is 0.899. The fraction of sp³-hybridized carbons (Fsp3) is 0.400. The maximum Gasteiger partial charge on any atom is 0.00831 e. The second-order valence-corrected chi connectivity index (χ2v) is 4.45. The highest BCUT2D eigenvalue weighted by molar-refractivity contribution is 7.99. The average molecular weight is 198 g/mol. The molecule has 0 spiro atoms. The van der Waals surface area contributed by atoms with Crippen molar-refractivity contribution in [3.8, 4) is 0 Å². The van der Waals surface area contributed by atoms with Crippen molar-refractivity contribution in [3.63, 3.8) is 0 Å². The molecule has 1 aromatic rings. The molecule has 1 rings (SSSR count). The minimum absolute atomic E-state index is 1.09. The first-order valence-corrected chi connectivity index (χ1v) is 5.59. The van der Waals surface area contributed by atoms with Gasteiger partial charge < -0.3 is 0 Å². The van der Waals surface area contributed by atoms with E-state index in [9.17, 15) is 0 Å². The minimum atomic E-state index is 1.09. The van der Waals surface area contributed by atoms with Crippen molar-refractivity contribution in [2.45, 2.75) is 30.1 Å². The van der Waals surface area contributed by atoms with E-state index in [2.05, 4.69) is 44.7 Å². The highest BCUT2D eigenvalue weighted by atomic mass is 32.2. The molecule has 0 heterocycles. The molecular weight excluding hydrogens is 184 g/mol. The lowest BCUT2D eigenvalue weighted by Gasteiger charge is -2.02. The summed E-state index contributed by atoms with van der Waals surface area (Å²) in [7, 11) is 0. The lowest BCUT2D eigenvalue weighted by molar-refractivity contribution is 1.10. The monoisotopic (exact) mass is 198 g/mol. The van der Waals surface area contributed by atoms with E-state index >= 15 is 0 Å². The maximum atomic E-state index is 4.38. The van der Waals surface area contributed by atoms with Crippen LogP contribution in [-0.4, -0.2) is 5.75 Å². The molecule has 0 saturated heterocycles. The molecule has 0 aliphatic heterocycles. The summed E-state index contributed by atoms with van der Waals surface area (Å²) in [5.74, 6) is 1.19. The smallest absolute Gasteiger partial charge is 0.00831 e. The van der Waals surface area contributed by atoms with Crippen LogP contribution in [0.15, 0.2) is 28.0 Å². The Balaban J connectivity index is 2.69. The Bertz CT molecular complexity index is 256. The van der Waals surface area contributed by atoms with Gasteiger partial charge in [-0.25, -0.2) is 0 Å². The number of thiol groups is 1. The summed E-state index contributed by atoms with van der Waals surface area (Å²) in [6.07, 6.45) is 1.22. The molecule has 0 aliphatic carbocycles. The van der Waals surface area contributed by atoms with Gasteiger partial charge >= 0.3 is 0 Å². The molecule has 0 aliphatic rings. The number of hydrogen-bond donors (Lipinski definition) is 1. The molecule has 0 bridgehead atoms. The molecule has 0 amide bonds. The van der Waals surface area contributed by atoms with Crippen LogP contribution in [0, 0.1) is 6.92 Å². The van der Waals surface area contributed by atoms with Crippen LogP contribution in [0.2, 0.25) is 0 Å². The van der Waals surface area contributed by atoms with Gasteiger partial charge in [-0.15, -0.1) is 24.4 Å². The molecule has 2 heteroatoms. The zero-order valence-electron chi connectivity index (χ0n) is 7.50. The molecule has 0 nitrogen and oxygen atoms in total. The SMILES string of the molecule is CCCSc1ccc(C)c(S)c1. The van der Waals surface area contributed by atoms with E-state index in [1.807, 2.05) is 11.8 Å². The van der Waals surface area contributed by atoms with E-state index in [0.717, 1.165) is 4.90 Å². The van der Waals surface area contributed by atoms with Gasteiger partial charge in [0, 0.05) is 9.79 Å². The zero-order valence-corrected chi connectivity index (χ0v) is 9.21.